The predicted octanol–water partition coefficient (Wildman–Crippen LogP) is 1.35. The van der Waals surface area contributed by atoms with Crippen LogP contribution in [0.2, 0.25) is 5.02 Å². The summed E-state index contributed by atoms with van der Waals surface area (Å²) in [6.07, 6.45) is 7.19. The van der Waals surface area contributed by atoms with Gasteiger partial charge < -0.3 is 10.4 Å². The van der Waals surface area contributed by atoms with E-state index in [-0.39, 0.29) is 34.8 Å². The molecule has 0 amide bonds. The van der Waals surface area contributed by atoms with Crippen molar-refractivity contribution in [3.63, 3.8) is 0 Å². The number of hydrogen-bond acceptors (Lipinski definition) is 4. The molecule has 1 rings (SSSR count). The van der Waals surface area contributed by atoms with Gasteiger partial charge in [-0.05, 0) is 11.8 Å². The van der Waals surface area contributed by atoms with Crippen LogP contribution in [0.3, 0.4) is 0 Å². The zero-order valence-corrected chi connectivity index (χ0v) is 11.9. The topological polar surface area (TPSA) is 67.2 Å². The molecule has 0 aliphatic carbocycles. The van der Waals surface area contributed by atoms with Crippen molar-refractivity contribution >= 4 is 17.3 Å². The van der Waals surface area contributed by atoms with Gasteiger partial charge in [0.2, 0.25) is 0 Å². The van der Waals surface area contributed by atoms with E-state index in [1.165, 1.54) is 10.9 Å². The van der Waals surface area contributed by atoms with Crippen molar-refractivity contribution in [3.8, 4) is 12.3 Å². The number of hydrogen-bond donors (Lipinski definition) is 2. The third-order valence-electron chi connectivity index (χ3n) is 2.77. The van der Waals surface area contributed by atoms with Gasteiger partial charge in [-0.15, -0.1) is 6.42 Å². The Kier molecular flexibility index (Phi) is 5.40. The van der Waals surface area contributed by atoms with Gasteiger partial charge in [-0.25, -0.2) is 4.68 Å². The van der Waals surface area contributed by atoms with E-state index >= 15 is 0 Å². The molecule has 0 atom stereocenters. The predicted molar refractivity (Wildman–Crippen MR) is 76.3 cm³/mol. The molecule has 0 saturated heterocycles. The molecule has 1 aromatic rings. The molecule has 0 saturated carbocycles. The van der Waals surface area contributed by atoms with Gasteiger partial charge >= 0.3 is 0 Å². The Balaban J connectivity index is 2.93. The first-order valence-corrected chi connectivity index (χ1v) is 6.33. The molecule has 0 aliphatic heterocycles. The fraction of sp³-hybridized carbons (Fsp3) is 0.538. The molecule has 0 spiro atoms. The van der Waals surface area contributed by atoms with Crippen LogP contribution in [0.25, 0.3) is 0 Å². The zero-order valence-electron chi connectivity index (χ0n) is 11.1. The van der Waals surface area contributed by atoms with E-state index in [1.54, 1.807) is 0 Å². The van der Waals surface area contributed by atoms with Crippen LogP contribution in [0.15, 0.2) is 11.0 Å². The molecule has 0 fully saturated rings. The first-order valence-electron chi connectivity index (χ1n) is 5.95. The zero-order chi connectivity index (χ0) is 14.5. The number of nitrogens with one attached hydrogen (secondary N) is 1. The van der Waals surface area contributed by atoms with E-state index in [1.807, 2.05) is 13.8 Å². The van der Waals surface area contributed by atoms with Gasteiger partial charge in [-0.3, -0.25) is 4.79 Å². The minimum Gasteiger partial charge on any atom is -0.396 e. The first-order chi connectivity index (χ1) is 8.91. The van der Waals surface area contributed by atoms with Crippen molar-refractivity contribution in [1.82, 2.24) is 9.78 Å². The van der Waals surface area contributed by atoms with Crippen LogP contribution < -0.4 is 10.9 Å². The summed E-state index contributed by atoms with van der Waals surface area (Å²) in [4.78, 5) is 12.1. The van der Waals surface area contributed by atoms with Gasteiger partial charge in [0.15, 0.2) is 0 Å². The molecule has 0 aromatic carbocycles. The highest BCUT2D eigenvalue weighted by Crippen LogP contribution is 2.22. The summed E-state index contributed by atoms with van der Waals surface area (Å²) in [7, 11) is 0. The fourth-order valence-electron chi connectivity index (χ4n) is 1.55. The van der Waals surface area contributed by atoms with Gasteiger partial charge in [0.05, 0.1) is 11.2 Å². The maximum atomic E-state index is 12.1. The Labute approximate surface area is 117 Å². The monoisotopic (exact) mass is 283 g/mol. The van der Waals surface area contributed by atoms with Crippen molar-refractivity contribution < 1.29 is 5.11 Å². The van der Waals surface area contributed by atoms with E-state index in [4.69, 9.17) is 23.1 Å². The summed E-state index contributed by atoms with van der Waals surface area (Å²) in [6.45, 7) is 4.70. The molecule has 6 heteroatoms. The number of aliphatic hydroxyl groups excluding tert-OH is 1. The van der Waals surface area contributed by atoms with Crippen LogP contribution in [-0.4, -0.2) is 28.0 Å². The average Bonchev–Trinajstić information content (AvgIpc) is 2.32. The third-order valence-corrected chi connectivity index (χ3v) is 3.06. The lowest BCUT2D eigenvalue weighted by Gasteiger charge is -2.24. The summed E-state index contributed by atoms with van der Waals surface area (Å²) in [5, 5.41) is 16.1. The highest BCUT2D eigenvalue weighted by molar-refractivity contribution is 6.32. The van der Waals surface area contributed by atoms with Gasteiger partial charge in [-0.2, -0.15) is 5.10 Å². The Bertz CT molecular complexity index is 532. The minimum atomic E-state index is -0.342. The molecule has 0 radical (unpaired) electrons. The Hall–Kier alpha value is -1.51. The maximum Gasteiger partial charge on any atom is 0.292 e. The Morgan fingerprint density at radius 2 is 2.32 bits per heavy atom. The summed E-state index contributed by atoms with van der Waals surface area (Å²) in [5.41, 5.74) is -0.201. The lowest BCUT2D eigenvalue weighted by atomic mass is 9.90. The second kappa shape index (κ2) is 6.60. The van der Waals surface area contributed by atoms with Crippen molar-refractivity contribution in [1.29, 1.82) is 0 Å². The molecule has 0 aliphatic rings. The van der Waals surface area contributed by atoms with Crippen LogP contribution >= 0.6 is 11.6 Å². The summed E-state index contributed by atoms with van der Waals surface area (Å²) >= 11 is 5.97. The fourth-order valence-corrected chi connectivity index (χ4v) is 1.74. The third kappa shape index (κ3) is 4.27. The van der Waals surface area contributed by atoms with Gasteiger partial charge in [0.1, 0.15) is 12.2 Å². The van der Waals surface area contributed by atoms with Crippen LogP contribution in [0.4, 0.5) is 5.69 Å². The van der Waals surface area contributed by atoms with Crippen LogP contribution in [-0.2, 0) is 6.54 Å². The number of anilines is 1. The van der Waals surface area contributed by atoms with Crippen molar-refractivity contribution in [2.24, 2.45) is 5.41 Å². The molecule has 1 heterocycles. The highest BCUT2D eigenvalue weighted by Gasteiger charge is 2.19. The maximum absolute atomic E-state index is 12.1. The number of terminal acetylenes is 1. The van der Waals surface area contributed by atoms with Crippen molar-refractivity contribution in [2.75, 3.05) is 18.5 Å². The average molecular weight is 284 g/mol. The van der Waals surface area contributed by atoms with E-state index in [0.717, 1.165) is 0 Å². The minimum absolute atomic E-state index is 0.0973. The molecule has 0 bridgehead atoms. The molecule has 2 N–H and O–H groups in total. The number of aromatic nitrogens is 2. The quantitative estimate of drug-likeness (QED) is 0.774. The molecular formula is C13H18ClN3O2. The van der Waals surface area contributed by atoms with E-state index in [0.29, 0.717) is 13.0 Å². The number of nitrogens with zero attached hydrogens (tertiary/aromatic N) is 2. The van der Waals surface area contributed by atoms with Crippen LogP contribution in [0.5, 0.6) is 0 Å². The standard InChI is InChI=1S/C13H18ClN3O2/c1-4-6-17-12(19)11(10(14)8-16-17)15-9-13(2,3)5-7-18/h1,8,15,18H,5-7,9H2,2-3H3. The number of aliphatic hydroxyl groups is 1. The van der Waals surface area contributed by atoms with Gasteiger partial charge in [0.25, 0.3) is 5.56 Å². The van der Waals surface area contributed by atoms with Gasteiger partial charge in [0, 0.05) is 13.2 Å². The summed E-state index contributed by atoms with van der Waals surface area (Å²) in [6, 6.07) is 0. The Morgan fingerprint density at radius 1 is 1.63 bits per heavy atom. The highest BCUT2D eigenvalue weighted by atomic mass is 35.5. The smallest absolute Gasteiger partial charge is 0.292 e. The van der Waals surface area contributed by atoms with E-state index in [9.17, 15) is 4.79 Å². The van der Waals surface area contributed by atoms with E-state index in [2.05, 4.69) is 16.3 Å². The normalized spacial score (nSPS) is 11.1. The molecule has 0 unspecified atom stereocenters. The molecule has 19 heavy (non-hydrogen) atoms. The molecular weight excluding hydrogens is 266 g/mol. The largest absolute Gasteiger partial charge is 0.396 e. The summed E-state index contributed by atoms with van der Waals surface area (Å²) < 4.78 is 1.17. The van der Waals surface area contributed by atoms with Crippen LogP contribution in [0, 0.1) is 17.8 Å². The lowest BCUT2D eigenvalue weighted by Crippen LogP contribution is -2.30. The van der Waals surface area contributed by atoms with Crippen molar-refractivity contribution in [3.05, 3.63) is 21.6 Å². The second-order valence-electron chi connectivity index (χ2n) is 5.03. The number of rotatable bonds is 6. The van der Waals surface area contributed by atoms with E-state index < -0.39 is 0 Å². The van der Waals surface area contributed by atoms with Crippen LogP contribution in [0.1, 0.15) is 20.3 Å². The summed E-state index contributed by atoms with van der Waals surface area (Å²) in [5.74, 6) is 2.36. The SMILES string of the molecule is C#CCn1ncc(Cl)c(NCC(C)(C)CCO)c1=O. The molecule has 5 nitrogen and oxygen atoms in total. The number of halogens is 1. The second-order valence-corrected chi connectivity index (χ2v) is 5.43. The Morgan fingerprint density at radius 3 is 2.89 bits per heavy atom. The molecule has 1 aromatic heterocycles. The van der Waals surface area contributed by atoms with Crippen molar-refractivity contribution in [2.45, 2.75) is 26.8 Å². The molecule has 104 valence electrons. The van der Waals surface area contributed by atoms with Gasteiger partial charge in [-0.1, -0.05) is 31.4 Å². The lowest BCUT2D eigenvalue weighted by molar-refractivity contribution is 0.220. The first kappa shape index (κ1) is 15.5.